The lowest BCUT2D eigenvalue weighted by Crippen LogP contribution is -2.39. The van der Waals surface area contributed by atoms with Gasteiger partial charge in [-0.25, -0.2) is 5.01 Å². The van der Waals surface area contributed by atoms with Crippen molar-refractivity contribution < 1.29 is 23.1 Å². The lowest BCUT2D eigenvalue weighted by atomic mass is 10.1. The third-order valence-electron chi connectivity index (χ3n) is 4.93. The number of aliphatic hydroxyl groups excluding tert-OH is 1. The van der Waals surface area contributed by atoms with Crippen molar-refractivity contribution in [3.05, 3.63) is 70.2 Å². The third-order valence-corrected chi connectivity index (χ3v) is 5.82. The number of rotatable bonds is 9. The number of nitrogens with one attached hydrogen (secondary N) is 3. The van der Waals surface area contributed by atoms with Crippen molar-refractivity contribution >= 4 is 23.9 Å². The van der Waals surface area contributed by atoms with Gasteiger partial charge < -0.3 is 21.3 Å². The Hall–Kier alpha value is -2.89. The zero-order valence-electron chi connectivity index (χ0n) is 17.9. The SMILES string of the molecule is CCSc1ccc(CNC(=O)c2cnc3c(c2)CN(N/C(=C(\C=N)CO)C(F)(F)F)C3)cc1. The molecular weight excluding hydrogens is 455 g/mol. The molecule has 0 saturated heterocycles. The molecule has 1 amide bonds. The van der Waals surface area contributed by atoms with E-state index in [9.17, 15) is 18.0 Å². The minimum atomic E-state index is -4.77. The number of hydrazine groups is 1. The number of alkyl halides is 3. The van der Waals surface area contributed by atoms with Crippen LogP contribution in [0, 0.1) is 5.41 Å². The Labute approximate surface area is 193 Å². The molecule has 4 N–H and O–H groups in total. The van der Waals surface area contributed by atoms with Crippen LogP contribution in [0.15, 0.2) is 52.7 Å². The number of halogens is 3. The maximum Gasteiger partial charge on any atom is 0.432 e. The van der Waals surface area contributed by atoms with Gasteiger partial charge in [0.1, 0.15) is 5.70 Å². The molecule has 11 heteroatoms. The van der Waals surface area contributed by atoms with Gasteiger partial charge >= 0.3 is 6.18 Å². The van der Waals surface area contributed by atoms with Gasteiger partial charge in [-0.3, -0.25) is 9.78 Å². The summed E-state index contributed by atoms with van der Waals surface area (Å²) in [5.41, 5.74) is 2.91. The number of carbonyl (C=O) groups excluding carboxylic acids is 1. The highest BCUT2D eigenvalue weighted by atomic mass is 32.2. The van der Waals surface area contributed by atoms with E-state index in [1.54, 1.807) is 17.8 Å². The molecule has 1 aliphatic heterocycles. The van der Waals surface area contributed by atoms with E-state index in [2.05, 4.69) is 22.7 Å². The number of amides is 1. The number of pyridine rings is 1. The van der Waals surface area contributed by atoms with Crippen LogP contribution in [0.3, 0.4) is 0 Å². The number of carbonyl (C=O) groups is 1. The molecule has 2 aromatic rings. The maximum absolute atomic E-state index is 13.4. The molecule has 0 aliphatic carbocycles. The van der Waals surface area contributed by atoms with Crippen LogP contribution in [0.5, 0.6) is 0 Å². The van der Waals surface area contributed by atoms with E-state index >= 15 is 0 Å². The highest BCUT2D eigenvalue weighted by Crippen LogP contribution is 2.28. The Morgan fingerprint density at radius 1 is 1.30 bits per heavy atom. The van der Waals surface area contributed by atoms with Crippen molar-refractivity contribution in [1.29, 1.82) is 5.41 Å². The fraction of sp³-hybridized carbons (Fsp3) is 0.318. The first-order chi connectivity index (χ1) is 15.7. The highest BCUT2D eigenvalue weighted by Gasteiger charge is 2.38. The van der Waals surface area contributed by atoms with Crippen molar-refractivity contribution in [3.8, 4) is 0 Å². The van der Waals surface area contributed by atoms with Crippen molar-refractivity contribution in [2.45, 2.75) is 37.6 Å². The van der Waals surface area contributed by atoms with E-state index in [0.29, 0.717) is 29.6 Å². The third kappa shape index (κ3) is 6.34. The summed E-state index contributed by atoms with van der Waals surface area (Å²) in [6.07, 6.45) is -2.90. The first-order valence-electron chi connectivity index (χ1n) is 10.2. The molecule has 1 aliphatic rings. The molecule has 0 spiro atoms. The zero-order chi connectivity index (χ0) is 24.0. The van der Waals surface area contributed by atoms with E-state index in [4.69, 9.17) is 10.5 Å². The predicted octanol–water partition coefficient (Wildman–Crippen LogP) is 3.40. The second-order valence-electron chi connectivity index (χ2n) is 7.26. The van der Waals surface area contributed by atoms with Crippen molar-refractivity contribution in [2.24, 2.45) is 0 Å². The zero-order valence-corrected chi connectivity index (χ0v) is 18.7. The standard InChI is InChI=1S/C22H24F3N5O2S/c1-2-33-18-5-3-14(4-6-18)9-28-21(32)15-7-16-11-30(12-19(16)27-10-15)29-20(22(23,24)25)17(8-26)13-31/h3-8,10,26,29,31H,2,9,11-13H2,1H3,(H,28,32)/b20-17+,26-8?. The molecule has 0 radical (unpaired) electrons. The van der Waals surface area contributed by atoms with Gasteiger partial charge in [0, 0.05) is 36.0 Å². The first-order valence-corrected chi connectivity index (χ1v) is 11.1. The summed E-state index contributed by atoms with van der Waals surface area (Å²) >= 11 is 1.73. The van der Waals surface area contributed by atoms with E-state index in [1.165, 1.54) is 11.2 Å². The normalized spacial score (nSPS) is 14.5. The number of thioether (sulfide) groups is 1. The van der Waals surface area contributed by atoms with Gasteiger partial charge in [0.05, 0.1) is 24.4 Å². The Kier molecular flexibility index (Phi) is 8.11. The molecule has 2 heterocycles. The average Bonchev–Trinajstić information content (AvgIpc) is 3.20. The quantitative estimate of drug-likeness (QED) is 0.325. The van der Waals surface area contributed by atoms with Crippen LogP contribution in [0.25, 0.3) is 0 Å². The van der Waals surface area contributed by atoms with Gasteiger partial charge in [0.25, 0.3) is 5.91 Å². The molecule has 1 aromatic carbocycles. The summed E-state index contributed by atoms with van der Waals surface area (Å²) in [5, 5.41) is 20.4. The minimum Gasteiger partial charge on any atom is -0.392 e. The number of nitrogens with zero attached hydrogens (tertiary/aromatic N) is 2. The molecular formula is C22H24F3N5O2S. The molecule has 0 bridgehead atoms. The number of aliphatic hydroxyl groups is 1. The summed E-state index contributed by atoms with van der Waals surface area (Å²) in [7, 11) is 0. The molecule has 176 valence electrons. The summed E-state index contributed by atoms with van der Waals surface area (Å²) < 4.78 is 40.1. The van der Waals surface area contributed by atoms with Crippen molar-refractivity contribution in [2.75, 3.05) is 12.4 Å². The number of hydrogen-bond donors (Lipinski definition) is 4. The smallest absolute Gasteiger partial charge is 0.392 e. The molecule has 1 aromatic heterocycles. The largest absolute Gasteiger partial charge is 0.432 e. The summed E-state index contributed by atoms with van der Waals surface area (Å²) in [4.78, 5) is 17.9. The molecule has 0 unspecified atom stereocenters. The molecule has 0 fully saturated rings. The van der Waals surface area contributed by atoms with Gasteiger partial charge in [-0.05, 0) is 35.1 Å². The fourth-order valence-corrected chi connectivity index (χ4v) is 3.95. The van der Waals surface area contributed by atoms with Crippen LogP contribution in [0.2, 0.25) is 0 Å². The van der Waals surface area contributed by atoms with E-state index in [0.717, 1.165) is 16.2 Å². The van der Waals surface area contributed by atoms with E-state index < -0.39 is 24.1 Å². The minimum absolute atomic E-state index is 0.0790. The lowest BCUT2D eigenvalue weighted by Gasteiger charge is -2.23. The molecule has 7 nitrogen and oxygen atoms in total. The molecule has 0 saturated carbocycles. The summed E-state index contributed by atoms with van der Waals surface area (Å²) in [6.45, 7) is 1.65. The predicted molar refractivity (Wildman–Crippen MR) is 120 cm³/mol. The number of fused-ring (bicyclic) bond motifs is 1. The first kappa shape index (κ1) is 24.7. The summed E-state index contributed by atoms with van der Waals surface area (Å²) in [5.74, 6) is 0.652. The van der Waals surface area contributed by atoms with Crippen LogP contribution in [-0.2, 0) is 19.6 Å². The van der Waals surface area contributed by atoms with Crippen LogP contribution in [-0.4, -0.2) is 45.8 Å². The van der Waals surface area contributed by atoms with Crippen LogP contribution >= 0.6 is 11.8 Å². The molecule has 0 atom stereocenters. The Morgan fingerprint density at radius 3 is 2.64 bits per heavy atom. The van der Waals surface area contributed by atoms with Crippen LogP contribution < -0.4 is 10.7 Å². The van der Waals surface area contributed by atoms with Gasteiger partial charge in [-0.2, -0.15) is 13.2 Å². The second kappa shape index (κ2) is 10.8. The lowest BCUT2D eigenvalue weighted by molar-refractivity contribution is -0.105. The number of benzene rings is 1. The maximum atomic E-state index is 13.4. The monoisotopic (exact) mass is 479 g/mol. The average molecular weight is 480 g/mol. The number of allylic oxidation sites excluding steroid dienone is 1. The van der Waals surface area contributed by atoms with Crippen LogP contribution in [0.1, 0.15) is 34.1 Å². The second-order valence-corrected chi connectivity index (χ2v) is 8.60. The molecule has 3 rings (SSSR count). The van der Waals surface area contributed by atoms with Gasteiger partial charge in [0.15, 0.2) is 0 Å². The van der Waals surface area contributed by atoms with Gasteiger partial charge in [-0.15, -0.1) is 11.8 Å². The van der Waals surface area contributed by atoms with E-state index in [-0.39, 0.29) is 19.0 Å². The van der Waals surface area contributed by atoms with Gasteiger partial charge in [-0.1, -0.05) is 19.1 Å². The summed E-state index contributed by atoms with van der Waals surface area (Å²) in [6, 6.07) is 9.50. The van der Waals surface area contributed by atoms with E-state index in [1.807, 2.05) is 24.3 Å². The Bertz CT molecular complexity index is 1040. The fourth-order valence-electron chi connectivity index (χ4n) is 3.29. The van der Waals surface area contributed by atoms with Crippen molar-refractivity contribution in [3.63, 3.8) is 0 Å². The van der Waals surface area contributed by atoms with Gasteiger partial charge in [0.2, 0.25) is 0 Å². The van der Waals surface area contributed by atoms with Crippen LogP contribution in [0.4, 0.5) is 13.2 Å². The van der Waals surface area contributed by atoms with Crippen molar-refractivity contribution in [1.82, 2.24) is 20.7 Å². The Morgan fingerprint density at radius 2 is 2.03 bits per heavy atom. The number of aromatic nitrogens is 1. The molecule has 33 heavy (non-hydrogen) atoms. The topological polar surface area (TPSA) is 101 Å². The number of hydrogen-bond acceptors (Lipinski definition) is 7. The Balaban J connectivity index is 1.64. The highest BCUT2D eigenvalue weighted by molar-refractivity contribution is 7.99.